The summed E-state index contributed by atoms with van der Waals surface area (Å²) in [4.78, 5) is 25.7. The Morgan fingerprint density at radius 1 is 0.882 bits per heavy atom. The van der Waals surface area contributed by atoms with Crippen LogP contribution in [-0.2, 0) is 11.2 Å². The maximum Gasteiger partial charge on any atom is 0.231 e. The van der Waals surface area contributed by atoms with Crippen LogP contribution in [0.1, 0.15) is 27.4 Å². The van der Waals surface area contributed by atoms with Crippen molar-refractivity contribution >= 4 is 75.4 Å². The summed E-state index contributed by atoms with van der Waals surface area (Å²) in [6, 6.07) is 12.7. The van der Waals surface area contributed by atoms with Crippen molar-refractivity contribution in [3.05, 3.63) is 98.0 Å². The second-order valence-electron chi connectivity index (χ2n) is 7.84. The van der Waals surface area contributed by atoms with E-state index < -0.39 is 33.7 Å². The number of benzene rings is 3. The number of rotatable bonds is 6. The van der Waals surface area contributed by atoms with E-state index in [2.05, 4.69) is 5.32 Å². The SMILES string of the molecule is O=C(Cc1ccc(F)cc1)c1cc(NC(=O)C2C(c3cc(Cl)c(F)c(Cl)c3)C2(Cl)Cl)ccc1Cl. The summed E-state index contributed by atoms with van der Waals surface area (Å²) in [5.74, 6) is -3.54. The molecule has 0 saturated heterocycles. The van der Waals surface area contributed by atoms with Crippen LogP contribution >= 0.6 is 58.0 Å². The summed E-state index contributed by atoms with van der Waals surface area (Å²) in [5.41, 5.74) is 1.54. The molecule has 0 spiro atoms. The summed E-state index contributed by atoms with van der Waals surface area (Å²) in [7, 11) is 0. The normalized spacial score (nSPS) is 18.4. The Kier molecular flexibility index (Phi) is 7.14. The van der Waals surface area contributed by atoms with Crippen LogP contribution in [0, 0.1) is 17.6 Å². The lowest BCUT2D eigenvalue weighted by atomic mass is 10.0. The summed E-state index contributed by atoms with van der Waals surface area (Å²) in [5, 5.41) is 2.47. The Balaban J connectivity index is 1.51. The van der Waals surface area contributed by atoms with Gasteiger partial charge in [-0.05, 0) is 53.6 Å². The zero-order chi connectivity index (χ0) is 24.8. The van der Waals surface area contributed by atoms with Crippen molar-refractivity contribution < 1.29 is 18.4 Å². The Labute approximate surface area is 218 Å². The van der Waals surface area contributed by atoms with Crippen molar-refractivity contribution in [3.8, 4) is 0 Å². The molecule has 1 saturated carbocycles. The lowest BCUT2D eigenvalue weighted by Crippen LogP contribution is -2.17. The first-order valence-electron chi connectivity index (χ1n) is 9.89. The molecule has 1 fully saturated rings. The summed E-state index contributed by atoms with van der Waals surface area (Å²) in [6.07, 6.45) is 0.000650. The number of hydrogen-bond donors (Lipinski definition) is 1. The number of alkyl halides is 2. The summed E-state index contributed by atoms with van der Waals surface area (Å²) >= 11 is 30.6. The van der Waals surface area contributed by atoms with Crippen LogP contribution in [0.3, 0.4) is 0 Å². The van der Waals surface area contributed by atoms with Crippen molar-refractivity contribution in [2.24, 2.45) is 5.92 Å². The molecule has 1 amide bonds. The quantitative estimate of drug-likeness (QED) is 0.188. The number of ketones is 1. The highest BCUT2D eigenvalue weighted by molar-refractivity contribution is 6.53. The minimum absolute atomic E-state index is 0.000650. The van der Waals surface area contributed by atoms with Gasteiger partial charge >= 0.3 is 0 Å². The molecule has 0 aliphatic heterocycles. The van der Waals surface area contributed by atoms with Crippen molar-refractivity contribution in [1.82, 2.24) is 0 Å². The van der Waals surface area contributed by atoms with Crippen LogP contribution in [0.15, 0.2) is 54.6 Å². The molecule has 1 aliphatic rings. The second kappa shape index (κ2) is 9.63. The number of carbonyl (C=O) groups excluding carboxylic acids is 2. The number of anilines is 1. The Morgan fingerprint density at radius 2 is 1.50 bits per heavy atom. The van der Waals surface area contributed by atoms with Crippen LogP contribution in [-0.4, -0.2) is 16.0 Å². The molecule has 2 atom stereocenters. The van der Waals surface area contributed by atoms with E-state index in [-0.39, 0.29) is 32.8 Å². The molecule has 0 radical (unpaired) electrons. The summed E-state index contributed by atoms with van der Waals surface area (Å²) in [6.45, 7) is 0. The van der Waals surface area contributed by atoms with Crippen molar-refractivity contribution in [2.75, 3.05) is 5.32 Å². The number of hydrogen-bond acceptors (Lipinski definition) is 2. The molecule has 34 heavy (non-hydrogen) atoms. The monoisotopic (exact) mass is 561 g/mol. The van der Waals surface area contributed by atoms with E-state index in [1.54, 1.807) is 0 Å². The van der Waals surface area contributed by atoms with Gasteiger partial charge in [0.1, 0.15) is 10.2 Å². The molecule has 0 bridgehead atoms. The zero-order valence-corrected chi connectivity index (χ0v) is 20.8. The number of Topliss-reactive ketones (excluding diaryl/α,β-unsaturated/α-hetero) is 1. The molecule has 1 N–H and O–H groups in total. The first kappa shape index (κ1) is 25.2. The maximum absolute atomic E-state index is 13.8. The fraction of sp³-hybridized carbons (Fsp3) is 0.167. The first-order valence-corrected chi connectivity index (χ1v) is 11.8. The average molecular weight is 564 g/mol. The van der Waals surface area contributed by atoms with Crippen LogP contribution in [0.2, 0.25) is 15.1 Å². The van der Waals surface area contributed by atoms with Gasteiger partial charge in [0.25, 0.3) is 0 Å². The highest BCUT2D eigenvalue weighted by atomic mass is 35.5. The highest BCUT2D eigenvalue weighted by Gasteiger charge is 2.67. The molecule has 176 valence electrons. The number of carbonyl (C=O) groups is 2. The van der Waals surface area contributed by atoms with Gasteiger partial charge in [0.05, 0.1) is 21.0 Å². The van der Waals surface area contributed by atoms with Gasteiger partial charge in [0.15, 0.2) is 11.6 Å². The molecule has 3 aromatic carbocycles. The highest BCUT2D eigenvalue weighted by Crippen LogP contribution is 2.65. The third-order valence-corrected chi connectivity index (χ3v) is 7.33. The summed E-state index contributed by atoms with van der Waals surface area (Å²) < 4.78 is 25.4. The van der Waals surface area contributed by atoms with Gasteiger partial charge in [-0.1, -0.05) is 46.9 Å². The zero-order valence-electron chi connectivity index (χ0n) is 17.0. The number of halogens is 7. The smallest absolute Gasteiger partial charge is 0.231 e. The van der Waals surface area contributed by atoms with Crippen molar-refractivity contribution in [2.45, 2.75) is 16.7 Å². The molecule has 3 aromatic rings. The Morgan fingerprint density at radius 3 is 2.12 bits per heavy atom. The standard InChI is InChI=1S/C24H14Cl5F2NO2/c25-16-6-5-14(10-15(16)19(33)7-11-1-3-13(30)4-2-11)32-23(34)21-20(24(21,28)29)12-8-17(26)22(31)18(27)9-12/h1-6,8-10,20-21H,7H2,(H,32,34). The predicted molar refractivity (Wildman–Crippen MR) is 132 cm³/mol. The van der Waals surface area contributed by atoms with E-state index in [0.717, 1.165) is 0 Å². The van der Waals surface area contributed by atoms with Crippen LogP contribution < -0.4 is 5.32 Å². The second-order valence-corrected chi connectivity index (χ2v) is 10.5. The van der Waals surface area contributed by atoms with Crippen LogP contribution in [0.5, 0.6) is 0 Å². The molecule has 3 nitrogen and oxygen atoms in total. The van der Waals surface area contributed by atoms with E-state index in [1.807, 2.05) is 0 Å². The number of amides is 1. The Hall–Kier alpha value is -1.89. The Bertz CT molecular complexity index is 1270. The molecule has 0 aromatic heterocycles. The van der Waals surface area contributed by atoms with E-state index >= 15 is 0 Å². The fourth-order valence-corrected chi connectivity index (χ4v) is 5.30. The third kappa shape index (κ3) is 5.05. The topological polar surface area (TPSA) is 46.2 Å². The molecular formula is C24H14Cl5F2NO2. The van der Waals surface area contributed by atoms with E-state index in [1.165, 1.54) is 54.6 Å². The van der Waals surface area contributed by atoms with Crippen molar-refractivity contribution in [3.63, 3.8) is 0 Å². The maximum atomic E-state index is 13.8. The van der Waals surface area contributed by atoms with Gasteiger partial charge in [0, 0.05) is 23.6 Å². The average Bonchev–Trinajstić information content (AvgIpc) is 3.36. The molecule has 2 unspecified atom stereocenters. The molecule has 10 heteroatoms. The van der Waals surface area contributed by atoms with Gasteiger partial charge in [-0.3, -0.25) is 9.59 Å². The lowest BCUT2D eigenvalue weighted by Gasteiger charge is -2.09. The molecule has 4 rings (SSSR count). The van der Waals surface area contributed by atoms with Gasteiger partial charge in [-0.2, -0.15) is 0 Å². The van der Waals surface area contributed by atoms with Crippen LogP contribution in [0.4, 0.5) is 14.5 Å². The van der Waals surface area contributed by atoms with E-state index in [9.17, 15) is 18.4 Å². The fourth-order valence-electron chi connectivity index (χ4n) is 3.74. The van der Waals surface area contributed by atoms with E-state index in [4.69, 9.17) is 58.0 Å². The van der Waals surface area contributed by atoms with Gasteiger partial charge in [0.2, 0.25) is 5.91 Å². The molecule has 0 heterocycles. The molecule has 1 aliphatic carbocycles. The first-order chi connectivity index (χ1) is 16.0. The van der Waals surface area contributed by atoms with E-state index in [0.29, 0.717) is 16.8 Å². The largest absolute Gasteiger partial charge is 0.326 e. The van der Waals surface area contributed by atoms with Gasteiger partial charge in [-0.15, -0.1) is 23.2 Å². The van der Waals surface area contributed by atoms with Crippen molar-refractivity contribution in [1.29, 1.82) is 0 Å². The van der Waals surface area contributed by atoms with Gasteiger partial charge < -0.3 is 5.32 Å². The number of nitrogens with one attached hydrogen (secondary N) is 1. The minimum Gasteiger partial charge on any atom is -0.326 e. The lowest BCUT2D eigenvalue weighted by molar-refractivity contribution is -0.117. The third-order valence-electron chi connectivity index (χ3n) is 5.51. The minimum atomic E-state index is -1.46. The van der Waals surface area contributed by atoms with Gasteiger partial charge in [-0.25, -0.2) is 8.78 Å². The van der Waals surface area contributed by atoms with Crippen LogP contribution in [0.25, 0.3) is 0 Å². The molecular weight excluding hydrogens is 550 g/mol. The predicted octanol–water partition coefficient (Wildman–Crippen LogP) is 7.88.